The first-order valence-corrected chi connectivity index (χ1v) is 8.26. The van der Waals surface area contributed by atoms with E-state index in [0.717, 1.165) is 31.7 Å². The Balaban J connectivity index is 1.70. The van der Waals surface area contributed by atoms with Gasteiger partial charge in [-0.15, -0.1) is 10.2 Å². The van der Waals surface area contributed by atoms with Gasteiger partial charge in [0.2, 0.25) is 0 Å². The minimum absolute atomic E-state index is 0.0837. The molecule has 0 atom stereocenters. The number of nitrogens with zero attached hydrogens (tertiary/aromatic N) is 4. The average molecular weight is 362 g/mol. The van der Waals surface area contributed by atoms with Crippen LogP contribution in [0.3, 0.4) is 0 Å². The molecule has 0 radical (unpaired) electrons. The lowest BCUT2D eigenvalue weighted by Crippen LogP contribution is -2.30. The Kier molecular flexibility index (Phi) is 5.08. The summed E-state index contributed by atoms with van der Waals surface area (Å²) in [5.41, 5.74) is 0.281. The highest BCUT2D eigenvalue weighted by Crippen LogP contribution is 2.27. The molecule has 2 aromatic rings. The molecule has 1 aliphatic rings. The van der Waals surface area contributed by atoms with Crippen LogP contribution in [-0.4, -0.2) is 34.1 Å². The molecular formula is C16H16ClN5O3. The molecule has 8 nitrogen and oxygen atoms in total. The van der Waals surface area contributed by atoms with E-state index in [4.69, 9.17) is 11.6 Å². The van der Waals surface area contributed by atoms with Crippen LogP contribution in [0.25, 0.3) is 0 Å². The van der Waals surface area contributed by atoms with E-state index in [9.17, 15) is 14.9 Å². The molecule has 1 N–H and O–H groups in total. The van der Waals surface area contributed by atoms with E-state index in [0.29, 0.717) is 0 Å². The van der Waals surface area contributed by atoms with Crippen LogP contribution in [0.15, 0.2) is 30.3 Å². The van der Waals surface area contributed by atoms with Gasteiger partial charge in [-0.25, -0.2) is 0 Å². The fourth-order valence-corrected chi connectivity index (χ4v) is 2.87. The maximum Gasteiger partial charge on any atom is 0.276 e. The lowest BCUT2D eigenvalue weighted by molar-refractivity contribution is -0.384. The summed E-state index contributed by atoms with van der Waals surface area (Å²) in [5, 5.41) is 21.5. The second kappa shape index (κ2) is 7.43. The van der Waals surface area contributed by atoms with Crippen molar-refractivity contribution in [3.63, 3.8) is 0 Å². The topological polar surface area (TPSA) is 101 Å². The number of amides is 1. The number of nitrogens with one attached hydrogen (secondary N) is 1. The van der Waals surface area contributed by atoms with Gasteiger partial charge in [0.1, 0.15) is 0 Å². The van der Waals surface area contributed by atoms with Crippen molar-refractivity contribution in [1.29, 1.82) is 0 Å². The highest BCUT2D eigenvalue weighted by Gasteiger charge is 2.16. The van der Waals surface area contributed by atoms with Crippen molar-refractivity contribution in [3.8, 4) is 0 Å². The molecule has 1 aromatic carbocycles. The van der Waals surface area contributed by atoms with Crippen molar-refractivity contribution in [2.24, 2.45) is 0 Å². The smallest absolute Gasteiger partial charge is 0.276 e. The number of halogens is 1. The first-order chi connectivity index (χ1) is 12.0. The van der Waals surface area contributed by atoms with Crippen molar-refractivity contribution >= 4 is 34.7 Å². The average Bonchev–Trinajstić information content (AvgIpc) is 2.64. The van der Waals surface area contributed by atoms with Crippen LogP contribution in [-0.2, 0) is 0 Å². The number of piperidine rings is 1. The third-order valence-corrected chi connectivity index (χ3v) is 4.29. The standard InChI is InChI=1S/C16H16ClN5O3/c17-12-10-11(22(24)25)4-5-13(12)18-16(23)14-6-7-15(20-19-14)21-8-2-1-3-9-21/h4-7,10H,1-3,8-9H2,(H,18,23). The normalized spacial score (nSPS) is 14.2. The molecule has 0 bridgehead atoms. The fraction of sp³-hybridized carbons (Fsp3) is 0.312. The summed E-state index contributed by atoms with van der Waals surface area (Å²) in [5.74, 6) is 0.276. The van der Waals surface area contributed by atoms with Gasteiger partial charge in [-0.3, -0.25) is 14.9 Å². The van der Waals surface area contributed by atoms with Gasteiger partial charge in [0, 0.05) is 25.2 Å². The Bertz CT molecular complexity index is 791. The zero-order valence-electron chi connectivity index (χ0n) is 13.3. The van der Waals surface area contributed by atoms with Crippen molar-refractivity contribution in [3.05, 3.63) is 51.2 Å². The molecule has 0 unspecified atom stereocenters. The highest BCUT2D eigenvalue weighted by atomic mass is 35.5. The van der Waals surface area contributed by atoms with Crippen LogP contribution in [0.1, 0.15) is 29.8 Å². The maximum atomic E-state index is 12.3. The van der Waals surface area contributed by atoms with Crippen LogP contribution in [0.2, 0.25) is 5.02 Å². The number of nitro benzene ring substituents is 1. The molecule has 0 aliphatic carbocycles. The zero-order valence-corrected chi connectivity index (χ0v) is 14.1. The van der Waals surface area contributed by atoms with Crippen molar-refractivity contribution in [2.75, 3.05) is 23.3 Å². The van der Waals surface area contributed by atoms with E-state index in [-0.39, 0.29) is 22.1 Å². The van der Waals surface area contributed by atoms with E-state index in [1.54, 1.807) is 12.1 Å². The number of rotatable bonds is 4. The molecule has 1 saturated heterocycles. The van der Waals surface area contributed by atoms with E-state index >= 15 is 0 Å². The Morgan fingerprint density at radius 2 is 1.92 bits per heavy atom. The third kappa shape index (κ3) is 4.03. The lowest BCUT2D eigenvalue weighted by atomic mass is 10.1. The molecule has 1 aromatic heterocycles. The number of benzene rings is 1. The molecule has 130 valence electrons. The van der Waals surface area contributed by atoms with Gasteiger partial charge >= 0.3 is 0 Å². The summed E-state index contributed by atoms with van der Waals surface area (Å²) in [7, 11) is 0. The van der Waals surface area contributed by atoms with Crippen LogP contribution < -0.4 is 10.2 Å². The molecule has 3 rings (SSSR count). The van der Waals surface area contributed by atoms with Gasteiger partial charge in [-0.2, -0.15) is 0 Å². The molecule has 0 spiro atoms. The van der Waals surface area contributed by atoms with Gasteiger partial charge in [0.15, 0.2) is 11.5 Å². The van der Waals surface area contributed by atoms with E-state index in [1.807, 2.05) is 0 Å². The van der Waals surface area contributed by atoms with E-state index in [2.05, 4.69) is 20.4 Å². The van der Waals surface area contributed by atoms with Crippen LogP contribution >= 0.6 is 11.6 Å². The van der Waals surface area contributed by atoms with E-state index in [1.165, 1.54) is 24.6 Å². The predicted molar refractivity (Wildman–Crippen MR) is 94.2 cm³/mol. The Morgan fingerprint density at radius 3 is 2.52 bits per heavy atom. The van der Waals surface area contributed by atoms with Gasteiger partial charge in [-0.05, 0) is 37.5 Å². The van der Waals surface area contributed by atoms with Gasteiger partial charge in [-0.1, -0.05) is 11.6 Å². The van der Waals surface area contributed by atoms with Gasteiger partial charge < -0.3 is 10.2 Å². The predicted octanol–water partition coefficient (Wildman–Crippen LogP) is 3.28. The van der Waals surface area contributed by atoms with E-state index < -0.39 is 10.8 Å². The third-order valence-electron chi connectivity index (χ3n) is 3.97. The summed E-state index contributed by atoms with van der Waals surface area (Å²) >= 11 is 5.97. The van der Waals surface area contributed by atoms with Crippen molar-refractivity contribution < 1.29 is 9.72 Å². The summed E-state index contributed by atoms with van der Waals surface area (Å²) < 4.78 is 0. The molecule has 25 heavy (non-hydrogen) atoms. The zero-order chi connectivity index (χ0) is 17.8. The number of hydrogen-bond donors (Lipinski definition) is 1. The monoisotopic (exact) mass is 361 g/mol. The summed E-state index contributed by atoms with van der Waals surface area (Å²) in [6.07, 6.45) is 3.48. The first kappa shape index (κ1) is 17.1. The number of carbonyl (C=O) groups excluding carboxylic acids is 1. The Morgan fingerprint density at radius 1 is 1.16 bits per heavy atom. The number of anilines is 2. The van der Waals surface area contributed by atoms with Crippen LogP contribution in [0, 0.1) is 10.1 Å². The first-order valence-electron chi connectivity index (χ1n) is 7.88. The quantitative estimate of drug-likeness (QED) is 0.662. The number of carbonyl (C=O) groups is 1. The molecule has 1 amide bonds. The number of non-ortho nitro benzene ring substituents is 1. The SMILES string of the molecule is O=C(Nc1ccc([N+](=O)[O-])cc1Cl)c1ccc(N2CCCCC2)nn1. The fourth-order valence-electron chi connectivity index (χ4n) is 2.64. The second-order valence-electron chi connectivity index (χ2n) is 5.70. The Hall–Kier alpha value is -2.74. The number of nitro groups is 1. The molecule has 2 heterocycles. The summed E-state index contributed by atoms with van der Waals surface area (Å²) in [6, 6.07) is 7.21. The van der Waals surface area contributed by atoms with Crippen molar-refractivity contribution in [1.82, 2.24) is 10.2 Å². The second-order valence-corrected chi connectivity index (χ2v) is 6.11. The Labute approximate surface area is 149 Å². The minimum atomic E-state index is -0.553. The van der Waals surface area contributed by atoms with Crippen molar-refractivity contribution in [2.45, 2.75) is 19.3 Å². The molecule has 1 aliphatic heterocycles. The number of hydrogen-bond acceptors (Lipinski definition) is 6. The summed E-state index contributed by atoms with van der Waals surface area (Å²) in [6.45, 7) is 1.89. The largest absolute Gasteiger partial charge is 0.355 e. The van der Waals surface area contributed by atoms with Crippen LogP contribution in [0.4, 0.5) is 17.2 Å². The molecule has 1 fully saturated rings. The van der Waals surface area contributed by atoms with Gasteiger partial charge in [0.25, 0.3) is 11.6 Å². The van der Waals surface area contributed by atoms with Gasteiger partial charge in [0.05, 0.1) is 15.6 Å². The maximum absolute atomic E-state index is 12.3. The molecule has 9 heteroatoms. The number of aromatic nitrogens is 2. The molecular weight excluding hydrogens is 346 g/mol. The molecule has 0 saturated carbocycles. The summed E-state index contributed by atoms with van der Waals surface area (Å²) in [4.78, 5) is 24.6. The lowest BCUT2D eigenvalue weighted by Gasteiger charge is -2.27. The minimum Gasteiger partial charge on any atom is -0.355 e. The highest BCUT2D eigenvalue weighted by molar-refractivity contribution is 6.34. The van der Waals surface area contributed by atoms with Crippen LogP contribution in [0.5, 0.6) is 0 Å².